The van der Waals surface area contributed by atoms with E-state index in [4.69, 9.17) is 0 Å². The highest BCUT2D eigenvalue weighted by Crippen LogP contribution is 2.28. The van der Waals surface area contributed by atoms with Crippen LogP contribution < -0.4 is 5.43 Å². The number of nitrogens with zero attached hydrogens (tertiary/aromatic N) is 4. The number of hydrazone groups is 1. The van der Waals surface area contributed by atoms with Crippen molar-refractivity contribution in [3.8, 4) is 0 Å². The zero-order valence-electron chi connectivity index (χ0n) is 11.8. The van der Waals surface area contributed by atoms with Gasteiger partial charge in [0.15, 0.2) is 11.5 Å². The number of hydrogen-bond acceptors (Lipinski definition) is 6. The molecule has 0 saturated heterocycles. The van der Waals surface area contributed by atoms with E-state index in [1.54, 1.807) is 40.5 Å². The van der Waals surface area contributed by atoms with E-state index in [0.29, 0.717) is 9.39 Å². The van der Waals surface area contributed by atoms with Crippen LogP contribution in [0.2, 0.25) is 0 Å². The third-order valence-electron chi connectivity index (χ3n) is 2.49. The summed E-state index contributed by atoms with van der Waals surface area (Å²) < 4.78 is 37.9. The molecule has 0 fully saturated rings. The van der Waals surface area contributed by atoms with Crippen LogP contribution in [0.1, 0.15) is 18.3 Å². The van der Waals surface area contributed by atoms with Crippen molar-refractivity contribution < 1.29 is 13.2 Å². The second-order valence-corrected chi connectivity index (χ2v) is 6.58. The van der Waals surface area contributed by atoms with Crippen molar-refractivity contribution >= 4 is 46.4 Å². The lowest BCUT2D eigenvalue weighted by atomic mass is 10.3. The lowest BCUT2D eigenvalue weighted by molar-refractivity contribution is -0.141. The topological polar surface area (TPSA) is 63.1 Å². The second-order valence-electron chi connectivity index (χ2n) is 4.11. The molecule has 2 rings (SSSR count). The van der Waals surface area contributed by atoms with E-state index in [2.05, 4.69) is 25.7 Å². The first-order valence-electron chi connectivity index (χ1n) is 6.39. The molecular formula is C13H11F3IN5S. The fourth-order valence-corrected chi connectivity index (χ4v) is 2.77. The van der Waals surface area contributed by atoms with Gasteiger partial charge in [0.2, 0.25) is 0 Å². The monoisotopic (exact) mass is 453 g/mol. The number of pyridine rings is 1. The Morgan fingerprint density at radius 1 is 1.39 bits per heavy atom. The number of aromatic nitrogens is 3. The number of alkyl halides is 3. The maximum absolute atomic E-state index is 12.5. The first-order chi connectivity index (χ1) is 10.9. The van der Waals surface area contributed by atoms with Gasteiger partial charge in [-0.15, -0.1) is 22.0 Å². The van der Waals surface area contributed by atoms with Crippen LogP contribution in [-0.2, 0) is 6.18 Å². The lowest BCUT2D eigenvalue weighted by Crippen LogP contribution is -2.11. The van der Waals surface area contributed by atoms with Crippen LogP contribution in [-0.4, -0.2) is 27.1 Å². The normalized spacial score (nSPS) is 11.9. The van der Waals surface area contributed by atoms with Crippen molar-refractivity contribution in [2.45, 2.75) is 18.0 Å². The second kappa shape index (κ2) is 7.90. The van der Waals surface area contributed by atoms with Crippen LogP contribution in [0.3, 0.4) is 0 Å². The van der Waals surface area contributed by atoms with Gasteiger partial charge in [0.05, 0.1) is 11.1 Å². The van der Waals surface area contributed by atoms with E-state index in [9.17, 15) is 13.2 Å². The first-order valence-corrected chi connectivity index (χ1v) is 8.45. The number of thioether (sulfide) groups is 1. The van der Waals surface area contributed by atoms with Gasteiger partial charge in [0.1, 0.15) is 5.69 Å². The van der Waals surface area contributed by atoms with Gasteiger partial charge in [-0.2, -0.15) is 18.3 Å². The smallest absolute Gasteiger partial charge is 0.260 e. The molecule has 0 unspecified atom stereocenters. The SMILES string of the molecule is CCSc1cccnc1NN=Cc1nnc(C(F)(F)F)cc1I. The number of rotatable bonds is 5. The molecule has 0 aliphatic heterocycles. The standard InChI is InChI=1S/C13H11F3IN5S/c1-2-23-10-4-3-5-18-12(10)22-19-7-9-8(17)6-11(21-20-9)13(14,15)16/h3-7H,2H2,1H3,(H,18,22). The maximum Gasteiger partial charge on any atom is 0.435 e. The number of halogens is 4. The molecule has 0 saturated carbocycles. The van der Waals surface area contributed by atoms with Gasteiger partial charge in [0, 0.05) is 9.77 Å². The Morgan fingerprint density at radius 2 is 2.17 bits per heavy atom. The Balaban J connectivity index is 2.12. The van der Waals surface area contributed by atoms with Crippen LogP contribution in [0, 0.1) is 3.57 Å². The highest BCUT2D eigenvalue weighted by atomic mass is 127. The Kier molecular flexibility index (Phi) is 6.16. The van der Waals surface area contributed by atoms with E-state index >= 15 is 0 Å². The number of nitrogens with one attached hydrogen (secondary N) is 1. The summed E-state index contributed by atoms with van der Waals surface area (Å²) in [4.78, 5) is 5.10. The van der Waals surface area contributed by atoms with Crippen LogP contribution in [0.4, 0.5) is 19.0 Å². The zero-order chi connectivity index (χ0) is 16.9. The van der Waals surface area contributed by atoms with Gasteiger partial charge in [0.25, 0.3) is 0 Å². The largest absolute Gasteiger partial charge is 0.435 e. The molecule has 0 spiro atoms. The van der Waals surface area contributed by atoms with Crippen molar-refractivity contribution in [1.29, 1.82) is 0 Å². The van der Waals surface area contributed by atoms with Crippen molar-refractivity contribution in [1.82, 2.24) is 15.2 Å². The molecule has 23 heavy (non-hydrogen) atoms. The van der Waals surface area contributed by atoms with E-state index < -0.39 is 11.9 Å². The van der Waals surface area contributed by atoms with Gasteiger partial charge in [-0.25, -0.2) is 4.98 Å². The Bertz CT molecular complexity index is 708. The van der Waals surface area contributed by atoms with Crippen molar-refractivity contribution in [2.75, 3.05) is 11.2 Å². The van der Waals surface area contributed by atoms with Gasteiger partial charge in [-0.3, -0.25) is 5.43 Å². The van der Waals surface area contributed by atoms with Crippen LogP contribution >= 0.6 is 34.4 Å². The minimum atomic E-state index is -4.51. The van der Waals surface area contributed by atoms with Gasteiger partial charge < -0.3 is 0 Å². The summed E-state index contributed by atoms with van der Waals surface area (Å²) in [6.07, 6.45) is -1.58. The molecule has 0 aromatic carbocycles. The molecule has 10 heteroatoms. The van der Waals surface area contributed by atoms with Crippen LogP contribution in [0.15, 0.2) is 34.4 Å². The predicted molar refractivity (Wildman–Crippen MR) is 91.6 cm³/mol. The highest BCUT2D eigenvalue weighted by molar-refractivity contribution is 14.1. The first kappa shape index (κ1) is 17.9. The summed E-state index contributed by atoms with van der Waals surface area (Å²) in [5.41, 5.74) is 1.98. The Morgan fingerprint density at radius 3 is 2.83 bits per heavy atom. The van der Waals surface area contributed by atoms with Crippen molar-refractivity contribution in [3.63, 3.8) is 0 Å². The molecule has 122 valence electrons. The van der Waals surface area contributed by atoms with E-state index in [-0.39, 0.29) is 5.69 Å². The van der Waals surface area contributed by atoms with Gasteiger partial charge in [-0.05, 0) is 46.5 Å². The van der Waals surface area contributed by atoms with E-state index in [0.717, 1.165) is 16.7 Å². The summed E-state index contributed by atoms with van der Waals surface area (Å²) in [6, 6.07) is 4.64. The third-order valence-corrected chi connectivity index (χ3v) is 4.29. The van der Waals surface area contributed by atoms with Gasteiger partial charge in [-0.1, -0.05) is 6.92 Å². The molecule has 5 nitrogen and oxygen atoms in total. The Hall–Kier alpha value is -1.43. The summed E-state index contributed by atoms with van der Waals surface area (Å²) in [7, 11) is 0. The fraction of sp³-hybridized carbons (Fsp3) is 0.231. The molecule has 2 heterocycles. The molecule has 0 aliphatic rings. The molecule has 0 atom stereocenters. The molecular weight excluding hydrogens is 442 g/mol. The Labute approximate surface area is 148 Å². The molecule has 0 bridgehead atoms. The average molecular weight is 453 g/mol. The molecule has 2 aromatic heterocycles. The molecule has 0 radical (unpaired) electrons. The molecule has 1 N–H and O–H groups in total. The summed E-state index contributed by atoms with van der Waals surface area (Å²) in [5, 5.41) is 10.7. The quantitative estimate of drug-likeness (QED) is 0.321. The molecule has 2 aromatic rings. The maximum atomic E-state index is 12.5. The summed E-state index contributed by atoms with van der Waals surface area (Å²) >= 11 is 3.36. The third kappa shape index (κ3) is 5.03. The van der Waals surface area contributed by atoms with Gasteiger partial charge >= 0.3 is 6.18 Å². The minimum absolute atomic E-state index is 0.242. The highest BCUT2D eigenvalue weighted by Gasteiger charge is 2.33. The number of hydrogen-bond donors (Lipinski definition) is 1. The van der Waals surface area contributed by atoms with Crippen LogP contribution in [0.5, 0.6) is 0 Å². The predicted octanol–water partition coefficient (Wildman–Crippen LogP) is 4.05. The van der Waals surface area contributed by atoms with Crippen LogP contribution in [0.25, 0.3) is 0 Å². The lowest BCUT2D eigenvalue weighted by Gasteiger charge is -2.06. The fourth-order valence-electron chi connectivity index (χ4n) is 1.51. The molecule has 0 aliphatic carbocycles. The van der Waals surface area contributed by atoms with E-state index in [1.165, 1.54) is 6.21 Å². The average Bonchev–Trinajstić information content (AvgIpc) is 2.50. The zero-order valence-corrected chi connectivity index (χ0v) is 14.8. The van der Waals surface area contributed by atoms with E-state index in [1.807, 2.05) is 19.1 Å². The minimum Gasteiger partial charge on any atom is -0.260 e. The summed E-state index contributed by atoms with van der Waals surface area (Å²) in [6.45, 7) is 2.02. The number of anilines is 1. The van der Waals surface area contributed by atoms with Crippen molar-refractivity contribution in [2.24, 2.45) is 5.10 Å². The molecule has 0 amide bonds. The summed E-state index contributed by atoms with van der Waals surface area (Å²) in [5.74, 6) is 1.46. The van der Waals surface area contributed by atoms with Crippen molar-refractivity contribution in [3.05, 3.63) is 39.4 Å².